The van der Waals surface area contributed by atoms with Crippen molar-refractivity contribution >= 4 is 5.97 Å². The largest absolute Gasteiger partial charge is 0.493 e. The maximum Gasteiger partial charge on any atom is 0.339 e. The topological polar surface area (TPSA) is 49.8 Å². The molecule has 0 bridgehead atoms. The highest BCUT2D eigenvalue weighted by Gasteiger charge is 2.27. The van der Waals surface area contributed by atoms with Crippen LogP contribution in [0.4, 0.5) is 0 Å². The fourth-order valence-electron chi connectivity index (χ4n) is 2.42. The van der Waals surface area contributed by atoms with Crippen LogP contribution < -0.4 is 4.74 Å². The molecule has 0 heterocycles. The van der Waals surface area contributed by atoms with Gasteiger partial charge >= 0.3 is 5.97 Å². The van der Waals surface area contributed by atoms with Gasteiger partial charge in [-0.2, -0.15) is 0 Å². The second-order valence-corrected chi connectivity index (χ2v) is 5.27. The molecule has 0 saturated heterocycles. The van der Waals surface area contributed by atoms with E-state index in [2.05, 4.69) is 11.8 Å². The summed E-state index contributed by atoms with van der Waals surface area (Å²) in [5.74, 6) is -0.473. The maximum atomic E-state index is 11.1. The quantitative estimate of drug-likeness (QED) is 0.705. The summed E-state index contributed by atoms with van der Waals surface area (Å²) in [6, 6.07) is 7.59. The van der Waals surface area contributed by atoms with Crippen molar-refractivity contribution < 1.29 is 14.6 Å². The fraction of sp³-hybridized carbons (Fsp3) is 0.562. The van der Waals surface area contributed by atoms with Crippen LogP contribution in [0.5, 0.6) is 5.75 Å². The summed E-state index contributed by atoms with van der Waals surface area (Å²) < 4.78 is 5.62. The zero-order chi connectivity index (χ0) is 14.4. The molecule has 1 aromatic carbocycles. The number of rotatable bonds is 9. The minimum atomic E-state index is -0.939. The lowest BCUT2D eigenvalue weighted by Gasteiger charge is -2.21. The van der Waals surface area contributed by atoms with Crippen LogP contribution in [0.1, 0.15) is 43.0 Å². The lowest BCUT2D eigenvalue weighted by molar-refractivity contribution is 0.0692. The van der Waals surface area contributed by atoms with Crippen LogP contribution in [0, 0.1) is 0 Å². The first-order chi connectivity index (χ1) is 9.72. The summed E-state index contributed by atoms with van der Waals surface area (Å²) in [6.45, 7) is 4.95. The number of hydrogen-bond acceptors (Lipinski definition) is 3. The third kappa shape index (κ3) is 4.23. The van der Waals surface area contributed by atoms with Crippen LogP contribution in [-0.4, -0.2) is 41.7 Å². The van der Waals surface area contributed by atoms with E-state index in [1.165, 1.54) is 19.3 Å². The number of carbonyl (C=O) groups is 1. The lowest BCUT2D eigenvalue weighted by Crippen LogP contribution is -2.29. The number of aromatic carboxylic acids is 1. The van der Waals surface area contributed by atoms with Gasteiger partial charge in [0.15, 0.2) is 0 Å². The van der Waals surface area contributed by atoms with E-state index in [0.717, 1.165) is 25.6 Å². The number of hydrogen-bond donors (Lipinski definition) is 1. The van der Waals surface area contributed by atoms with Crippen molar-refractivity contribution in [3.63, 3.8) is 0 Å². The molecule has 0 unspecified atom stereocenters. The second-order valence-electron chi connectivity index (χ2n) is 5.27. The van der Waals surface area contributed by atoms with Crippen LogP contribution in [0.2, 0.25) is 0 Å². The average molecular weight is 277 g/mol. The highest BCUT2D eigenvalue weighted by molar-refractivity contribution is 5.90. The van der Waals surface area contributed by atoms with Crippen molar-refractivity contribution in [3.05, 3.63) is 29.8 Å². The van der Waals surface area contributed by atoms with Crippen molar-refractivity contribution in [2.24, 2.45) is 0 Å². The molecule has 0 spiro atoms. The van der Waals surface area contributed by atoms with Crippen molar-refractivity contribution in [3.8, 4) is 5.75 Å². The van der Waals surface area contributed by atoms with Gasteiger partial charge in [0.05, 0.1) is 6.61 Å². The van der Waals surface area contributed by atoms with Gasteiger partial charge in [-0.3, -0.25) is 0 Å². The minimum Gasteiger partial charge on any atom is -0.493 e. The smallest absolute Gasteiger partial charge is 0.339 e. The summed E-state index contributed by atoms with van der Waals surface area (Å²) in [6.07, 6.45) is 4.76. The number of para-hydroxylation sites is 1. The highest BCUT2D eigenvalue weighted by atomic mass is 16.5. The van der Waals surface area contributed by atoms with Crippen molar-refractivity contribution in [1.29, 1.82) is 0 Å². The van der Waals surface area contributed by atoms with Gasteiger partial charge in [0.2, 0.25) is 0 Å². The molecule has 1 N–H and O–H groups in total. The maximum absolute atomic E-state index is 11.1. The molecular formula is C16H23NO3. The molecule has 0 amide bonds. The number of ether oxygens (including phenoxy) is 1. The molecule has 4 heteroatoms. The van der Waals surface area contributed by atoms with Gasteiger partial charge < -0.3 is 14.7 Å². The molecule has 1 aromatic rings. The van der Waals surface area contributed by atoms with Gasteiger partial charge in [-0.25, -0.2) is 4.79 Å². The van der Waals surface area contributed by atoms with E-state index in [0.29, 0.717) is 12.4 Å². The van der Waals surface area contributed by atoms with Crippen molar-refractivity contribution in [2.75, 3.05) is 19.7 Å². The molecule has 1 aliphatic carbocycles. The van der Waals surface area contributed by atoms with Gasteiger partial charge in [-0.15, -0.1) is 0 Å². The van der Waals surface area contributed by atoms with Crippen molar-refractivity contribution in [2.45, 2.75) is 38.6 Å². The molecule has 20 heavy (non-hydrogen) atoms. The molecule has 4 nitrogen and oxygen atoms in total. The molecule has 0 atom stereocenters. The average Bonchev–Trinajstić information content (AvgIpc) is 3.27. The third-order valence-corrected chi connectivity index (χ3v) is 3.54. The summed E-state index contributed by atoms with van der Waals surface area (Å²) in [7, 11) is 0. The summed E-state index contributed by atoms with van der Waals surface area (Å²) >= 11 is 0. The predicted molar refractivity (Wildman–Crippen MR) is 78.4 cm³/mol. The Balaban J connectivity index is 1.76. The summed E-state index contributed by atoms with van der Waals surface area (Å²) in [5.41, 5.74) is 0.236. The first-order valence-corrected chi connectivity index (χ1v) is 7.41. The molecule has 1 aliphatic rings. The third-order valence-electron chi connectivity index (χ3n) is 3.54. The van der Waals surface area contributed by atoms with Gasteiger partial charge in [0, 0.05) is 12.6 Å². The monoisotopic (exact) mass is 277 g/mol. The van der Waals surface area contributed by atoms with Crippen LogP contribution in [-0.2, 0) is 0 Å². The number of benzene rings is 1. The van der Waals surface area contributed by atoms with Gasteiger partial charge in [0.25, 0.3) is 0 Å². The van der Waals surface area contributed by atoms with E-state index in [-0.39, 0.29) is 5.56 Å². The van der Waals surface area contributed by atoms with E-state index in [1.54, 1.807) is 24.3 Å². The molecule has 1 saturated carbocycles. The standard InChI is InChI=1S/C16H23NO3/c1-2-10-17(13-8-9-13)11-5-12-20-15-7-4-3-6-14(15)16(18)19/h3-4,6-7,13H,2,5,8-12H2,1H3,(H,18,19). The van der Waals surface area contributed by atoms with Gasteiger partial charge in [-0.05, 0) is 44.4 Å². The highest BCUT2D eigenvalue weighted by Crippen LogP contribution is 2.27. The van der Waals surface area contributed by atoms with Crippen LogP contribution in [0.15, 0.2) is 24.3 Å². The first-order valence-electron chi connectivity index (χ1n) is 7.41. The van der Waals surface area contributed by atoms with Crippen molar-refractivity contribution in [1.82, 2.24) is 4.90 Å². The SMILES string of the molecule is CCCN(CCCOc1ccccc1C(=O)O)C1CC1. The summed E-state index contributed by atoms with van der Waals surface area (Å²) in [4.78, 5) is 13.6. The van der Waals surface area contributed by atoms with E-state index >= 15 is 0 Å². The Hall–Kier alpha value is -1.55. The van der Waals surface area contributed by atoms with E-state index in [9.17, 15) is 4.79 Å². The fourth-order valence-corrected chi connectivity index (χ4v) is 2.42. The van der Waals surface area contributed by atoms with Crippen LogP contribution >= 0.6 is 0 Å². The zero-order valence-corrected chi connectivity index (χ0v) is 12.0. The molecule has 0 aliphatic heterocycles. The molecule has 0 radical (unpaired) electrons. The molecule has 2 rings (SSSR count). The van der Waals surface area contributed by atoms with E-state index in [1.807, 2.05) is 0 Å². The zero-order valence-electron chi connectivity index (χ0n) is 12.0. The second kappa shape index (κ2) is 7.29. The molecular weight excluding hydrogens is 254 g/mol. The minimum absolute atomic E-state index is 0.236. The van der Waals surface area contributed by atoms with Gasteiger partial charge in [0.1, 0.15) is 11.3 Å². The molecule has 0 aromatic heterocycles. The van der Waals surface area contributed by atoms with Gasteiger partial charge in [-0.1, -0.05) is 19.1 Å². The number of carboxylic acids is 1. The Labute approximate surface area is 120 Å². The first kappa shape index (κ1) is 14.9. The summed E-state index contributed by atoms with van der Waals surface area (Å²) in [5, 5.41) is 9.07. The Bertz CT molecular complexity index is 443. The Kier molecular flexibility index (Phi) is 5.41. The number of nitrogens with zero attached hydrogens (tertiary/aromatic N) is 1. The molecule has 1 fully saturated rings. The Morgan fingerprint density at radius 2 is 2.10 bits per heavy atom. The number of carboxylic acid groups (broad SMARTS) is 1. The lowest BCUT2D eigenvalue weighted by atomic mass is 10.2. The van der Waals surface area contributed by atoms with Crippen LogP contribution in [0.3, 0.4) is 0 Å². The Morgan fingerprint density at radius 3 is 2.75 bits per heavy atom. The van der Waals surface area contributed by atoms with E-state index < -0.39 is 5.97 Å². The van der Waals surface area contributed by atoms with E-state index in [4.69, 9.17) is 9.84 Å². The Morgan fingerprint density at radius 1 is 1.35 bits per heavy atom. The predicted octanol–water partition coefficient (Wildman–Crippen LogP) is 3.03. The van der Waals surface area contributed by atoms with Crippen LogP contribution in [0.25, 0.3) is 0 Å². The normalized spacial score (nSPS) is 14.5. The molecule has 110 valence electrons.